The lowest BCUT2D eigenvalue weighted by atomic mass is 9.40. The van der Waals surface area contributed by atoms with Crippen LogP contribution in [0.4, 0.5) is 5.82 Å². The van der Waals surface area contributed by atoms with Crippen LogP contribution in [0.2, 0.25) is 0 Å². The maximum absolute atomic E-state index is 14.0. The van der Waals surface area contributed by atoms with Gasteiger partial charge in [-0.25, -0.2) is 19.3 Å². The number of rotatable bonds is 20. The molecule has 1 spiro atoms. The second-order valence-electron chi connectivity index (χ2n) is 21.2. The molecule has 0 aromatic carbocycles. The van der Waals surface area contributed by atoms with E-state index < -0.39 is 96.1 Å². The number of phosphoric ester groups is 3. The molecule has 16 atom stereocenters. The Kier molecular flexibility index (Phi) is 15.1. The number of nitrogens with one attached hydrogen (secondary N) is 2. The minimum Gasteiger partial charge on any atom is -0.790 e. The van der Waals surface area contributed by atoms with Crippen molar-refractivity contribution < 1.29 is 90.3 Å². The van der Waals surface area contributed by atoms with Crippen LogP contribution in [-0.2, 0) is 55.4 Å². The monoisotopic (exact) mass is 1080 g/mol. The van der Waals surface area contributed by atoms with Crippen LogP contribution < -0.4 is 35.9 Å². The van der Waals surface area contributed by atoms with Crippen molar-refractivity contribution in [2.45, 2.75) is 134 Å². The number of hydrogen-bond donors (Lipinski definition) is 6. The molecule has 71 heavy (non-hydrogen) atoms. The normalized spacial score (nSPS) is 37.5. The minimum absolute atomic E-state index is 0.00946. The Morgan fingerprint density at radius 1 is 1.01 bits per heavy atom. The maximum Gasteiger partial charge on any atom is 0.274 e. The molecule has 2 aromatic rings. The zero-order valence-corrected chi connectivity index (χ0v) is 43.1. The first-order chi connectivity index (χ1) is 32.9. The molecule has 8 rings (SSSR count). The first kappa shape index (κ1) is 54.7. The molecule has 2 aromatic heterocycles. The molecule has 4 aliphatic carbocycles. The van der Waals surface area contributed by atoms with Gasteiger partial charge in [0, 0.05) is 47.4 Å². The van der Waals surface area contributed by atoms with E-state index in [0.29, 0.717) is 18.1 Å². The summed E-state index contributed by atoms with van der Waals surface area (Å²) in [4.78, 5) is 99.5. The summed E-state index contributed by atoms with van der Waals surface area (Å²) >= 11 is 1.16. The average molecular weight is 1080 g/mol. The highest BCUT2D eigenvalue weighted by Crippen LogP contribution is 2.76. The van der Waals surface area contributed by atoms with Crippen LogP contribution in [0.1, 0.15) is 92.2 Å². The van der Waals surface area contributed by atoms with Gasteiger partial charge in [0.05, 0.1) is 45.2 Å². The Balaban J connectivity index is 0.752. The summed E-state index contributed by atoms with van der Waals surface area (Å²) in [7, 11) is -17.7. The van der Waals surface area contributed by atoms with Gasteiger partial charge in [0.25, 0.3) is 15.6 Å². The number of nitrogens with zero attached hydrogens (tertiary/aromatic N) is 4. The molecule has 5 unspecified atom stereocenters. The van der Waals surface area contributed by atoms with Crippen LogP contribution in [0.25, 0.3) is 11.2 Å². The zero-order valence-electron chi connectivity index (χ0n) is 39.6. The molecular formula is C41H60N7O19P3S-4. The van der Waals surface area contributed by atoms with Crippen LogP contribution in [0.3, 0.4) is 0 Å². The average Bonchev–Trinajstić information content (AvgIpc) is 3.84. The van der Waals surface area contributed by atoms with E-state index in [9.17, 15) is 63.0 Å². The summed E-state index contributed by atoms with van der Waals surface area (Å²) in [6.45, 7) is 6.61. The summed E-state index contributed by atoms with van der Waals surface area (Å²) in [6.07, 6.45) is -1.93. The molecule has 6 fully saturated rings. The van der Waals surface area contributed by atoms with Crippen molar-refractivity contribution in [2.24, 2.45) is 39.4 Å². The predicted molar refractivity (Wildman–Crippen MR) is 239 cm³/mol. The summed E-state index contributed by atoms with van der Waals surface area (Å²) in [5.41, 5.74) is 2.98. The lowest BCUT2D eigenvalue weighted by Gasteiger charge is -2.65. The number of hydrogen-bond acceptors (Lipinski definition) is 24. The third-order valence-corrected chi connectivity index (χ3v) is 20.3. The molecule has 4 heterocycles. The van der Waals surface area contributed by atoms with E-state index >= 15 is 0 Å². The molecule has 2 aliphatic heterocycles. The number of aliphatic hydroxyl groups is 3. The number of phosphoric acid groups is 3. The highest BCUT2D eigenvalue weighted by molar-refractivity contribution is 8.13. The van der Waals surface area contributed by atoms with Crippen LogP contribution in [0, 0.1) is 39.4 Å². The second-order valence-corrected chi connectivity index (χ2v) is 26.3. The fourth-order valence-electron chi connectivity index (χ4n) is 12.8. The van der Waals surface area contributed by atoms with E-state index in [-0.39, 0.29) is 76.0 Å². The number of nitrogen functional groups attached to an aromatic ring is 1. The topological polar surface area (TPSA) is 404 Å². The van der Waals surface area contributed by atoms with E-state index in [0.717, 1.165) is 67.5 Å². The molecule has 26 nitrogen and oxygen atoms in total. The summed E-state index contributed by atoms with van der Waals surface area (Å²) in [5.74, 6) is -0.471. The van der Waals surface area contributed by atoms with Crippen molar-refractivity contribution >= 4 is 69.1 Å². The van der Waals surface area contributed by atoms with E-state index in [2.05, 4.69) is 57.3 Å². The number of ether oxygens (including phenoxy) is 2. The van der Waals surface area contributed by atoms with Crippen molar-refractivity contribution in [1.29, 1.82) is 0 Å². The molecule has 398 valence electrons. The van der Waals surface area contributed by atoms with E-state index in [1.807, 2.05) is 6.92 Å². The standard InChI is InChI=1S/C41H64N7O19P3S/c1-37(2,18-63-70(60,61)67-69(58,59)62-16-23-30(66-68(55,56)57)29(51)35(64-23)48-20-47-28-32(42)45-19-46-33(28)48)31(52)34(53)44-10-7-27(50)43-11-12-71-36(54)39(4)9-6-8-38(3)24(39)14-26(49)41-15-21-22(13-25(38)41)65-40(21,5)17-41/h19-26,29-31,35,49,51-52H,6-18H2,1-5H3,(H,43,50)(H,44,53)(H,58,59)(H,60,61)(H2,42,45,46)(H2,55,56,57)/p-4/t21-,22?,23+,24-,25-,26+,29+,30+,31-,35+,38+,39?,40?,41+/m0/s1. The third kappa shape index (κ3) is 10.6. The zero-order chi connectivity index (χ0) is 51.9. The largest absolute Gasteiger partial charge is 0.790 e. The van der Waals surface area contributed by atoms with Gasteiger partial charge in [0.15, 0.2) is 22.8 Å². The minimum atomic E-state index is -5.94. The molecule has 2 saturated heterocycles. The number of carbonyl (C=O) groups excluding carboxylic acids is 3. The third-order valence-electron chi connectivity index (χ3n) is 16.2. The lowest BCUT2D eigenvalue weighted by molar-refractivity contribution is -0.347. The van der Waals surface area contributed by atoms with E-state index in [1.54, 1.807) is 0 Å². The number of amides is 2. The summed E-state index contributed by atoms with van der Waals surface area (Å²) in [6, 6.07) is 0. The Morgan fingerprint density at radius 3 is 2.45 bits per heavy atom. The second kappa shape index (κ2) is 19.6. The van der Waals surface area contributed by atoms with Gasteiger partial charge in [0.1, 0.15) is 36.3 Å². The number of fused-ring (bicyclic) bond motifs is 3. The first-order valence-electron chi connectivity index (χ1n) is 23.3. The van der Waals surface area contributed by atoms with Crippen molar-refractivity contribution in [1.82, 2.24) is 30.2 Å². The lowest BCUT2D eigenvalue weighted by Crippen LogP contribution is -2.64. The van der Waals surface area contributed by atoms with Crippen molar-refractivity contribution in [3.05, 3.63) is 12.7 Å². The quantitative estimate of drug-likeness (QED) is 0.0704. The Bertz CT molecular complexity index is 2540. The number of nitrogens with two attached hydrogens (primary N) is 1. The number of anilines is 1. The van der Waals surface area contributed by atoms with Gasteiger partial charge >= 0.3 is 0 Å². The van der Waals surface area contributed by atoms with Gasteiger partial charge in [0.2, 0.25) is 11.8 Å². The highest BCUT2D eigenvalue weighted by Gasteiger charge is 2.76. The Morgan fingerprint density at radius 2 is 1.73 bits per heavy atom. The van der Waals surface area contributed by atoms with Gasteiger partial charge in [-0.1, -0.05) is 45.9 Å². The molecule has 7 N–H and O–H groups in total. The van der Waals surface area contributed by atoms with Gasteiger partial charge in [-0.05, 0) is 62.7 Å². The number of aliphatic hydroxyl groups excluding tert-OH is 3. The Hall–Kier alpha value is -2.52. The molecule has 2 amide bonds. The van der Waals surface area contributed by atoms with Crippen molar-refractivity contribution in [2.75, 3.05) is 37.8 Å². The molecule has 6 aliphatic rings. The molecule has 4 saturated carbocycles. The highest BCUT2D eigenvalue weighted by atomic mass is 32.2. The summed E-state index contributed by atoms with van der Waals surface area (Å²) in [5, 5.41) is 38.6. The molecular weight excluding hydrogens is 1020 g/mol. The van der Waals surface area contributed by atoms with Crippen LogP contribution in [-0.4, -0.2) is 126 Å². The van der Waals surface area contributed by atoms with E-state index in [4.69, 9.17) is 15.2 Å². The van der Waals surface area contributed by atoms with Crippen LogP contribution in [0.5, 0.6) is 0 Å². The number of imidazole rings is 1. The SMILES string of the molecule is CC(C)(COP(=O)([O-])OP(=O)([O-])OC[C@H]1O[C@@H](n2cnc3c(N)ncnc32)[C@H](O)[C@@H]1OP(=O)([O-])[O-])[C@@H](O)C(=O)NCCC(=O)NCCSC(=O)C1(C)CCC[C@]2(C)[C@@H]1C[C@@H](O)[C@@]13C[C@H]4C(C[C@@H]21)OC4(C)C3. The molecule has 30 heteroatoms. The fourth-order valence-corrected chi connectivity index (χ4v) is 16.5. The van der Waals surface area contributed by atoms with Crippen LogP contribution in [0.15, 0.2) is 12.7 Å². The number of aromatic nitrogens is 4. The van der Waals surface area contributed by atoms with Gasteiger partial charge in [-0.3, -0.25) is 28.1 Å². The summed E-state index contributed by atoms with van der Waals surface area (Å²) < 4.78 is 67.6. The fraction of sp³-hybridized carbons (Fsp3) is 0.805. The number of thioether (sulfide) groups is 1. The van der Waals surface area contributed by atoms with Gasteiger partial charge in [-0.15, -0.1) is 0 Å². The number of carbonyl (C=O) groups is 3. The maximum atomic E-state index is 14.0. The van der Waals surface area contributed by atoms with Gasteiger partial charge < -0.3 is 78.9 Å². The smallest absolute Gasteiger partial charge is 0.274 e. The van der Waals surface area contributed by atoms with Crippen molar-refractivity contribution in [3.8, 4) is 0 Å². The van der Waals surface area contributed by atoms with E-state index in [1.165, 1.54) is 13.8 Å². The first-order valence-corrected chi connectivity index (χ1v) is 28.7. The molecule has 2 bridgehead atoms. The Labute approximate surface area is 412 Å². The van der Waals surface area contributed by atoms with Crippen LogP contribution >= 0.6 is 35.2 Å². The van der Waals surface area contributed by atoms with Gasteiger partial charge in [-0.2, -0.15) is 0 Å². The van der Waals surface area contributed by atoms with Crippen molar-refractivity contribution in [3.63, 3.8) is 0 Å². The molecule has 0 radical (unpaired) electrons. The predicted octanol–water partition coefficient (Wildman–Crippen LogP) is -0.712.